The first kappa shape index (κ1) is 33.6. The van der Waals surface area contributed by atoms with Crippen LogP contribution in [0.3, 0.4) is 0 Å². The topological polar surface area (TPSA) is 109 Å². The molecule has 0 aliphatic carbocycles. The summed E-state index contributed by atoms with van der Waals surface area (Å²) >= 11 is 0. The largest absolute Gasteiger partial charge is 0.494 e. The van der Waals surface area contributed by atoms with Crippen molar-refractivity contribution in [1.29, 1.82) is 0 Å². The molecule has 47 heavy (non-hydrogen) atoms. The molecule has 0 saturated heterocycles. The van der Waals surface area contributed by atoms with Crippen LogP contribution >= 0.6 is 0 Å². The van der Waals surface area contributed by atoms with Gasteiger partial charge in [-0.15, -0.1) is 0 Å². The molecule has 0 saturated carbocycles. The second kappa shape index (κ2) is 13.5. The second-order valence-electron chi connectivity index (χ2n) is 12.1. The summed E-state index contributed by atoms with van der Waals surface area (Å²) in [6.45, 7) is 3.14. The Bertz CT molecular complexity index is 1760. The van der Waals surface area contributed by atoms with Gasteiger partial charge in [-0.05, 0) is 36.8 Å². The summed E-state index contributed by atoms with van der Waals surface area (Å²) in [5, 5.41) is 12.5. The van der Waals surface area contributed by atoms with Crippen molar-refractivity contribution in [3.63, 3.8) is 0 Å². The van der Waals surface area contributed by atoms with Crippen molar-refractivity contribution in [2.45, 2.75) is 38.5 Å². The number of alkyl halides is 3. The van der Waals surface area contributed by atoms with E-state index in [0.717, 1.165) is 18.7 Å². The van der Waals surface area contributed by atoms with Gasteiger partial charge in [-0.3, -0.25) is 9.80 Å². The van der Waals surface area contributed by atoms with Gasteiger partial charge in [0.15, 0.2) is 23.4 Å². The van der Waals surface area contributed by atoms with Gasteiger partial charge in [-0.25, -0.2) is 13.8 Å². The molecule has 2 aromatic heterocycles. The monoisotopic (exact) mass is 660 g/mol. The zero-order valence-corrected chi connectivity index (χ0v) is 26.3. The molecule has 15 heteroatoms. The first-order valence-corrected chi connectivity index (χ1v) is 15.0. The predicted molar refractivity (Wildman–Crippen MR) is 163 cm³/mol. The Morgan fingerprint density at radius 1 is 1.15 bits per heavy atom. The maximum atomic E-state index is 14.5. The molecule has 1 atom stereocenters. The van der Waals surface area contributed by atoms with Crippen LogP contribution in [-0.2, 0) is 17.5 Å². The molecule has 4 aromatic rings. The van der Waals surface area contributed by atoms with E-state index in [1.165, 1.54) is 41.6 Å². The summed E-state index contributed by atoms with van der Waals surface area (Å²) in [7, 11) is 6.06. The maximum Gasteiger partial charge on any atom is 0.417 e. The molecular formula is C32H35F5N7O3+. The highest BCUT2D eigenvalue weighted by Gasteiger charge is 2.37. The molecule has 0 fully saturated rings. The lowest BCUT2D eigenvalue weighted by Gasteiger charge is -2.28. The molecule has 1 amide bonds. The number of nitrogens with zero attached hydrogens (tertiary/aromatic N) is 5. The number of carbonyl (C=O) groups is 1. The van der Waals surface area contributed by atoms with E-state index in [2.05, 4.69) is 25.5 Å². The average molecular weight is 661 g/mol. The molecule has 250 valence electrons. The Balaban J connectivity index is 1.46. The lowest BCUT2D eigenvalue weighted by molar-refractivity contribution is -0.870. The molecular weight excluding hydrogens is 625 g/mol. The smallest absolute Gasteiger partial charge is 0.417 e. The van der Waals surface area contributed by atoms with Crippen LogP contribution in [-0.4, -0.2) is 77.6 Å². The number of hydrogen-bond donors (Lipinski definition) is 2. The van der Waals surface area contributed by atoms with Gasteiger partial charge >= 0.3 is 6.18 Å². The summed E-state index contributed by atoms with van der Waals surface area (Å²) in [6.07, 6.45) is -2.10. The molecule has 1 aliphatic rings. The number of hydrogen-bond acceptors (Lipinski definition) is 7. The van der Waals surface area contributed by atoms with Crippen LogP contribution in [0.2, 0.25) is 0 Å². The number of amides is 1. The Kier molecular flexibility index (Phi) is 9.65. The van der Waals surface area contributed by atoms with Gasteiger partial charge in [-0.2, -0.15) is 18.3 Å². The van der Waals surface area contributed by atoms with Gasteiger partial charge in [0.25, 0.3) is 5.91 Å². The number of H-pyrrole nitrogens is 1. The van der Waals surface area contributed by atoms with Crippen molar-refractivity contribution in [3.8, 4) is 28.4 Å². The standard InChI is InChI=1S/C32H34F5N7O3/c1-5-14-46-19-10-11-20(22(15-19)32(35,36)37)24-16-27(47-42-24)29(31(45)38-12-7-13-44(2,3)4)43-18-26-25(17-39-43)40-30(41-26)21-8-6-9-23(33)28(21)34/h6,8-11,15-17,29H,5,7,12-14,18H2,1-4H3,(H-,38,39,40,41,45)/p+1. The van der Waals surface area contributed by atoms with E-state index < -0.39 is 35.3 Å². The van der Waals surface area contributed by atoms with Crippen molar-refractivity contribution in [2.24, 2.45) is 5.10 Å². The van der Waals surface area contributed by atoms with Gasteiger partial charge in [-0.1, -0.05) is 18.1 Å². The quantitative estimate of drug-likeness (QED) is 0.111. The van der Waals surface area contributed by atoms with Gasteiger partial charge < -0.3 is 24.0 Å². The van der Waals surface area contributed by atoms with Crippen LogP contribution in [0.4, 0.5) is 22.0 Å². The number of aromatic amines is 1. The van der Waals surface area contributed by atoms with Crippen molar-refractivity contribution in [3.05, 3.63) is 76.8 Å². The third-order valence-electron chi connectivity index (χ3n) is 7.36. The number of ether oxygens (including phenoxy) is 1. The molecule has 1 aliphatic heterocycles. The van der Waals surface area contributed by atoms with Crippen LogP contribution < -0.4 is 10.1 Å². The number of fused-ring (bicyclic) bond motifs is 1. The Morgan fingerprint density at radius 2 is 1.94 bits per heavy atom. The van der Waals surface area contributed by atoms with E-state index >= 15 is 0 Å². The molecule has 10 nitrogen and oxygen atoms in total. The van der Waals surface area contributed by atoms with Gasteiger partial charge in [0.1, 0.15) is 23.0 Å². The normalized spacial score (nSPS) is 13.9. The van der Waals surface area contributed by atoms with E-state index in [0.29, 0.717) is 35.3 Å². The number of quaternary nitrogens is 1. The highest BCUT2D eigenvalue weighted by Crippen LogP contribution is 2.40. The Labute approximate surface area is 267 Å². The lowest BCUT2D eigenvalue weighted by atomic mass is 10.0. The van der Waals surface area contributed by atoms with E-state index in [1.54, 1.807) is 0 Å². The SMILES string of the molecule is CCCOc1ccc(-c2cc(C(C(=O)NCCC[N+](C)(C)C)N3Cc4[nH]c(-c5cccc(F)c5F)nc4C=N3)on2)c(C(F)(F)F)c1. The van der Waals surface area contributed by atoms with E-state index in [4.69, 9.17) is 9.26 Å². The minimum atomic E-state index is -4.73. The molecule has 0 spiro atoms. The van der Waals surface area contributed by atoms with Gasteiger partial charge in [0, 0.05) is 24.6 Å². The van der Waals surface area contributed by atoms with E-state index in [1.807, 2.05) is 28.1 Å². The first-order chi connectivity index (χ1) is 22.2. The second-order valence-corrected chi connectivity index (χ2v) is 12.1. The maximum absolute atomic E-state index is 14.5. The number of nitrogens with one attached hydrogen (secondary N) is 2. The Hall–Kier alpha value is -4.79. The lowest BCUT2D eigenvalue weighted by Crippen LogP contribution is -2.41. The summed E-state index contributed by atoms with van der Waals surface area (Å²) in [4.78, 5) is 21.0. The van der Waals surface area contributed by atoms with Crippen molar-refractivity contribution in [1.82, 2.24) is 25.5 Å². The summed E-state index contributed by atoms with van der Waals surface area (Å²) in [6, 6.07) is 7.32. The van der Waals surface area contributed by atoms with Crippen LogP contribution in [0.1, 0.15) is 48.5 Å². The number of hydrazone groups is 1. The molecule has 0 radical (unpaired) electrons. The van der Waals surface area contributed by atoms with E-state index in [9.17, 15) is 26.7 Å². The first-order valence-electron chi connectivity index (χ1n) is 15.0. The van der Waals surface area contributed by atoms with Crippen molar-refractivity contribution < 1.29 is 40.5 Å². The van der Waals surface area contributed by atoms with E-state index in [-0.39, 0.29) is 47.3 Å². The zero-order chi connectivity index (χ0) is 33.9. The average Bonchev–Trinajstić information content (AvgIpc) is 3.66. The third kappa shape index (κ3) is 7.79. The fraction of sp³-hybridized carbons (Fsp3) is 0.375. The summed E-state index contributed by atoms with van der Waals surface area (Å²) < 4.78 is 82.4. The Morgan fingerprint density at radius 3 is 2.66 bits per heavy atom. The number of rotatable bonds is 12. The van der Waals surface area contributed by atoms with Gasteiger partial charge in [0.05, 0.1) is 63.9 Å². The van der Waals surface area contributed by atoms with Crippen LogP contribution in [0.25, 0.3) is 22.6 Å². The van der Waals surface area contributed by atoms with Crippen molar-refractivity contribution in [2.75, 3.05) is 40.8 Å². The molecule has 2 aromatic carbocycles. The number of imidazole rings is 1. The molecule has 3 heterocycles. The number of benzene rings is 2. The predicted octanol–water partition coefficient (Wildman–Crippen LogP) is 5.92. The minimum Gasteiger partial charge on any atom is -0.494 e. The highest BCUT2D eigenvalue weighted by molar-refractivity contribution is 5.85. The number of aromatic nitrogens is 3. The van der Waals surface area contributed by atoms with Crippen LogP contribution in [0, 0.1) is 11.6 Å². The number of halogens is 5. The highest BCUT2D eigenvalue weighted by atomic mass is 19.4. The van der Waals surface area contributed by atoms with Crippen LogP contribution in [0.5, 0.6) is 5.75 Å². The number of carbonyl (C=O) groups excluding carboxylic acids is 1. The fourth-order valence-corrected chi connectivity index (χ4v) is 5.06. The summed E-state index contributed by atoms with van der Waals surface area (Å²) in [5.74, 6) is -2.56. The molecule has 0 bridgehead atoms. The summed E-state index contributed by atoms with van der Waals surface area (Å²) in [5.41, 5.74) is -0.647. The van der Waals surface area contributed by atoms with Crippen molar-refractivity contribution >= 4 is 12.1 Å². The molecule has 5 rings (SSSR count). The molecule has 2 N–H and O–H groups in total. The molecule has 1 unspecified atom stereocenters. The van der Waals surface area contributed by atoms with Crippen LogP contribution in [0.15, 0.2) is 52.1 Å². The van der Waals surface area contributed by atoms with Gasteiger partial charge in [0.2, 0.25) is 0 Å². The minimum absolute atomic E-state index is 0.0416. The third-order valence-corrected chi connectivity index (χ3v) is 7.36. The fourth-order valence-electron chi connectivity index (χ4n) is 5.06. The zero-order valence-electron chi connectivity index (χ0n) is 26.3.